The Bertz CT molecular complexity index is 1290. The van der Waals surface area contributed by atoms with E-state index in [4.69, 9.17) is 0 Å². The Morgan fingerprint density at radius 2 is 1.84 bits per heavy atom. The molecule has 2 aliphatic heterocycles. The normalized spacial score (nSPS) is 19.6. The summed E-state index contributed by atoms with van der Waals surface area (Å²) >= 11 is 1.60. The topological polar surface area (TPSA) is 51.0 Å². The molecule has 7 heteroatoms. The van der Waals surface area contributed by atoms with Crippen molar-refractivity contribution in [2.45, 2.75) is 36.6 Å². The fourth-order valence-electron chi connectivity index (χ4n) is 5.04. The monoisotopic (exact) mass is 462 g/mol. The molecule has 0 amide bonds. The minimum atomic E-state index is -0.941. The number of benzene rings is 2. The van der Waals surface area contributed by atoms with Gasteiger partial charge in [0.05, 0.1) is 15.7 Å². The number of aromatic nitrogens is 3. The van der Waals surface area contributed by atoms with Gasteiger partial charge in [0.15, 0.2) is 5.82 Å². The van der Waals surface area contributed by atoms with Crippen LogP contribution in [0.15, 0.2) is 58.1 Å². The second-order valence-corrected chi connectivity index (χ2v) is 11.1. The van der Waals surface area contributed by atoms with E-state index < -0.39 is 10.8 Å². The highest BCUT2D eigenvalue weighted by atomic mass is 32.2. The number of likely N-dealkylation sites (tertiary alicyclic amines) is 1. The number of thiophene rings is 1. The van der Waals surface area contributed by atoms with Crippen LogP contribution in [0.4, 0.5) is 0 Å². The molecule has 1 atom stereocenters. The highest BCUT2D eigenvalue weighted by Crippen LogP contribution is 2.35. The average Bonchev–Trinajstić information content (AvgIpc) is 3.46. The maximum Gasteiger partial charge on any atom is 0.166 e. The molecule has 0 N–H and O–H groups in total. The summed E-state index contributed by atoms with van der Waals surface area (Å²) in [5.41, 5.74) is 2.42. The van der Waals surface area contributed by atoms with Crippen LogP contribution in [0.1, 0.15) is 30.1 Å². The first-order valence-corrected chi connectivity index (χ1v) is 13.6. The van der Waals surface area contributed by atoms with Crippen molar-refractivity contribution >= 4 is 32.9 Å². The first-order chi connectivity index (χ1) is 15.8. The summed E-state index contributed by atoms with van der Waals surface area (Å²) in [6.07, 6.45) is 3.30. The van der Waals surface area contributed by atoms with E-state index in [-0.39, 0.29) is 0 Å². The van der Waals surface area contributed by atoms with E-state index in [1.165, 1.54) is 16.3 Å². The van der Waals surface area contributed by atoms with Crippen molar-refractivity contribution < 1.29 is 4.21 Å². The van der Waals surface area contributed by atoms with Gasteiger partial charge < -0.3 is 9.47 Å². The zero-order valence-electron chi connectivity index (χ0n) is 17.9. The Labute approximate surface area is 194 Å². The van der Waals surface area contributed by atoms with Crippen molar-refractivity contribution in [2.75, 3.05) is 25.4 Å². The average molecular weight is 463 g/mol. The Morgan fingerprint density at radius 3 is 2.72 bits per heavy atom. The molecule has 1 fully saturated rings. The first kappa shape index (κ1) is 20.3. The predicted molar refractivity (Wildman–Crippen MR) is 131 cm³/mol. The van der Waals surface area contributed by atoms with E-state index in [1.807, 2.05) is 5.38 Å². The molecular formula is C25H26N4OS2. The summed E-state index contributed by atoms with van der Waals surface area (Å²) < 4.78 is 14.8. The molecule has 5 nitrogen and oxygen atoms in total. The highest BCUT2D eigenvalue weighted by molar-refractivity contribution is 7.85. The van der Waals surface area contributed by atoms with Crippen molar-refractivity contribution in [3.63, 3.8) is 0 Å². The van der Waals surface area contributed by atoms with Gasteiger partial charge >= 0.3 is 0 Å². The third-order valence-corrected chi connectivity index (χ3v) is 9.15. The van der Waals surface area contributed by atoms with Crippen LogP contribution in [0.2, 0.25) is 0 Å². The van der Waals surface area contributed by atoms with Gasteiger partial charge in [0.2, 0.25) is 0 Å². The molecule has 32 heavy (non-hydrogen) atoms. The fraction of sp³-hybridized carbons (Fsp3) is 0.360. The van der Waals surface area contributed by atoms with Gasteiger partial charge in [-0.05, 0) is 48.7 Å². The number of fused-ring (bicyclic) bond motifs is 4. The summed E-state index contributed by atoms with van der Waals surface area (Å²) in [4.78, 5) is 3.51. The molecule has 2 aromatic heterocycles. The molecule has 0 radical (unpaired) electrons. The molecular weight excluding hydrogens is 436 g/mol. The quantitative estimate of drug-likeness (QED) is 0.441. The largest absolute Gasteiger partial charge is 0.310 e. The smallest absolute Gasteiger partial charge is 0.166 e. The standard InChI is InChI=1S/C25H26N4OS2/c30-32-14-13-29-24(26-27-25(29)22-16-31-17-23(22)32)20-8-11-28(12-9-20)10-7-18-5-6-19-3-1-2-4-21(19)15-18/h1-6,15-17,20H,7-14H2. The van der Waals surface area contributed by atoms with Crippen molar-refractivity contribution in [3.8, 4) is 11.4 Å². The Hall–Kier alpha value is -2.35. The molecule has 164 valence electrons. The van der Waals surface area contributed by atoms with Crippen LogP contribution in [0.25, 0.3) is 22.2 Å². The third kappa shape index (κ3) is 3.72. The van der Waals surface area contributed by atoms with Crippen molar-refractivity contribution in [1.82, 2.24) is 19.7 Å². The Morgan fingerprint density at radius 1 is 1.00 bits per heavy atom. The van der Waals surface area contributed by atoms with Gasteiger partial charge in [0.1, 0.15) is 5.82 Å². The van der Waals surface area contributed by atoms with Gasteiger partial charge in [0.25, 0.3) is 0 Å². The summed E-state index contributed by atoms with van der Waals surface area (Å²) in [5.74, 6) is 3.07. The van der Waals surface area contributed by atoms with E-state index in [0.29, 0.717) is 11.7 Å². The van der Waals surface area contributed by atoms with Gasteiger partial charge in [-0.15, -0.1) is 10.2 Å². The van der Waals surface area contributed by atoms with Gasteiger partial charge in [-0.3, -0.25) is 4.21 Å². The number of hydrogen-bond donors (Lipinski definition) is 0. The molecule has 1 unspecified atom stereocenters. The molecule has 2 aliphatic rings. The molecule has 6 rings (SSSR count). The SMILES string of the molecule is O=S1CCn2c(nnc2C2CCN(CCc3ccc4ccccc4c3)CC2)-c2cscc21. The summed E-state index contributed by atoms with van der Waals surface area (Å²) in [6.45, 7) is 4.03. The van der Waals surface area contributed by atoms with E-state index in [9.17, 15) is 4.21 Å². The maximum atomic E-state index is 12.6. The van der Waals surface area contributed by atoms with Crippen LogP contribution in [-0.4, -0.2) is 49.3 Å². The molecule has 4 heterocycles. The minimum Gasteiger partial charge on any atom is -0.310 e. The molecule has 0 spiro atoms. The fourth-order valence-corrected chi connectivity index (χ4v) is 7.36. The second kappa shape index (κ2) is 8.54. The predicted octanol–water partition coefficient (Wildman–Crippen LogP) is 4.70. The minimum absolute atomic E-state index is 0.432. The van der Waals surface area contributed by atoms with Crippen LogP contribution in [-0.2, 0) is 23.8 Å². The zero-order chi connectivity index (χ0) is 21.5. The lowest BCUT2D eigenvalue weighted by molar-refractivity contribution is 0.210. The van der Waals surface area contributed by atoms with E-state index in [2.05, 4.69) is 67.5 Å². The molecule has 0 aliphatic carbocycles. The highest BCUT2D eigenvalue weighted by Gasteiger charge is 2.29. The van der Waals surface area contributed by atoms with E-state index >= 15 is 0 Å². The van der Waals surface area contributed by atoms with E-state index in [0.717, 1.165) is 67.5 Å². The lowest BCUT2D eigenvalue weighted by atomic mass is 9.95. The van der Waals surface area contributed by atoms with Crippen LogP contribution in [0, 0.1) is 0 Å². The van der Waals surface area contributed by atoms with Crippen LogP contribution >= 0.6 is 11.3 Å². The molecule has 0 saturated carbocycles. The molecule has 2 aromatic carbocycles. The summed E-state index contributed by atoms with van der Waals surface area (Å²) in [5, 5.41) is 15.9. The lowest BCUT2D eigenvalue weighted by Gasteiger charge is -2.31. The van der Waals surface area contributed by atoms with Crippen LogP contribution in [0.5, 0.6) is 0 Å². The van der Waals surface area contributed by atoms with E-state index in [1.54, 1.807) is 11.3 Å². The van der Waals surface area contributed by atoms with Crippen molar-refractivity contribution in [1.29, 1.82) is 0 Å². The van der Waals surface area contributed by atoms with Gasteiger partial charge in [0, 0.05) is 41.1 Å². The Kier molecular flexibility index (Phi) is 5.41. The number of nitrogens with zero attached hydrogens (tertiary/aromatic N) is 4. The van der Waals surface area contributed by atoms with Crippen LogP contribution in [0.3, 0.4) is 0 Å². The van der Waals surface area contributed by atoms with Crippen molar-refractivity contribution in [2.24, 2.45) is 0 Å². The summed E-state index contributed by atoms with van der Waals surface area (Å²) in [7, 11) is -0.941. The molecule has 4 aromatic rings. The van der Waals surface area contributed by atoms with Crippen molar-refractivity contribution in [3.05, 3.63) is 64.6 Å². The number of hydrogen-bond acceptors (Lipinski definition) is 5. The zero-order valence-corrected chi connectivity index (χ0v) is 19.6. The summed E-state index contributed by atoms with van der Waals surface area (Å²) in [6, 6.07) is 15.4. The molecule has 1 saturated heterocycles. The van der Waals surface area contributed by atoms with Gasteiger partial charge in [-0.25, -0.2) is 0 Å². The number of rotatable bonds is 4. The van der Waals surface area contributed by atoms with Crippen LogP contribution < -0.4 is 0 Å². The number of piperidine rings is 1. The third-order valence-electron chi connectivity index (χ3n) is 6.88. The second-order valence-electron chi connectivity index (χ2n) is 8.78. The Balaban J connectivity index is 1.11. The van der Waals surface area contributed by atoms with Gasteiger partial charge in [-0.2, -0.15) is 11.3 Å². The maximum absolute atomic E-state index is 12.6. The van der Waals surface area contributed by atoms with Gasteiger partial charge in [-0.1, -0.05) is 42.5 Å². The first-order valence-electron chi connectivity index (χ1n) is 11.3. The molecule has 0 bridgehead atoms. The lowest BCUT2D eigenvalue weighted by Crippen LogP contribution is -2.35.